The van der Waals surface area contributed by atoms with Gasteiger partial charge in [0.2, 0.25) is 5.91 Å². The van der Waals surface area contributed by atoms with Gasteiger partial charge in [0, 0.05) is 31.1 Å². The van der Waals surface area contributed by atoms with Crippen molar-refractivity contribution in [2.24, 2.45) is 0 Å². The average molecular weight is 472 g/mol. The summed E-state index contributed by atoms with van der Waals surface area (Å²) in [7, 11) is 3.09. The number of carbonyl (C=O) groups is 2. The van der Waals surface area contributed by atoms with E-state index >= 15 is 0 Å². The van der Waals surface area contributed by atoms with E-state index in [2.05, 4.69) is 21.2 Å². The van der Waals surface area contributed by atoms with E-state index < -0.39 is 0 Å². The monoisotopic (exact) mass is 471 g/mol. The molecule has 0 radical (unpaired) electrons. The summed E-state index contributed by atoms with van der Waals surface area (Å²) in [6.45, 7) is 3.54. The molecule has 33 heavy (non-hydrogen) atoms. The lowest BCUT2D eigenvalue weighted by Crippen LogP contribution is -2.48. The molecular weight excluding hydrogens is 438 g/mol. The highest BCUT2D eigenvalue weighted by molar-refractivity contribution is 7.17. The molecule has 178 valence electrons. The molecule has 0 unspecified atom stereocenters. The number of nitrogens with zero attached hydrogens (tertiary/aromatic N) is 2. The van der Waals surface area contributed by atoms with E-state index in [4.69, 9.17) is 9.47 Å². The van der Waals surface area contributed by atoms with Crippen LogP contribution in [-0.2, 0) is 22.4 Å². The van der Waals surface area contributed by atoms with Crippen molar-refractivity contribution in [3.8, 4) is 5.75 Å². The Morgan fingerprint density at radius 1 is 1.00 bits per heavy atom. The third-order valence-electron chi connectivity index (χ3n) is 6.48. The Balaban J connectivity index is 1.39. The zero-order chi connectivity index (χ0) is 23.2. The van der Waals surface area contributed by atoms with Gasteiger partial charge in [-0.05, 0) is 43.4 Å². The van der Waals surface area contributed by atoms with Gasteiger partial charge in [-0.2, -0.15) is 0 Å². The number of para-hydroxylation sites is 2. The number of amides is 1. The molecule has 0 atom stereocenters. The number of anilines is 2. The zero-order valence-electron chi connectivity index (χ0n) is 19.5. The molecule has 0 spiro atoms. The first-order valence-corrected chi connectivity index (χ1v) is 12.6. The summed E-state index contributed by atoms with van der Waals surface area (Å²) in [6.07, 6.45) is 6.42. The summed E-state index contributed by atoms with van der Waals surface area (Å²) < 4.78 is 10.6. The number of aryl methyl sites for hydroxylation is 1. The van der Waals surface area contributed by atoms with E-state index in [1.807, 2.05) is 18.2 Å². The minimum atomic E-state index is -0.353. The van der Waals surface area contributed by atoms with Gasteiger partial charge < -0.3 is 19.7 Å². The van der Waals surface area contributed by atoms with Crippen LogP contribution in [-0.4, -0.2) is 63.7 Å². The van der Waals surface area contributed by atoms with Crippen molar-refractivity contribution in [2.45, 2.75) is 38.5 Å². The molecule has 1 aromatic heterocycles. The second-order valence-corrected chi connectivity index (χ2v) is 9.70. The minimum absolute atomic E-state index is 0.0832. The standard InChI is InChI=1S/C25H33N3O4S/c1-31-20-11-8-7-10-19(20)28-15-13-27(14-16-28)17-22(29)26-24-23(25(30)32-2)18-9-5-3-4-6-12-21(18)33-24/h7-8,10-11H,3-6,9,12-17H2,1-2H3,(H,26,29). The van der Waals surface area contributed by atoms with E-state index in [9.17, 15) is 9.59 Å². The molecule has 1 fully saturated rings. The second kappa shape index (κ2) is 11.0. The van der Waals surface area contributed by atoms with Crippen LogP contribution >= 0.6 is 11.3 Å². The Morgan fingerprint density at radius 2 is 1.73 bits per heavy atom. The van der Waals surface area contributed by atoms with Crippen molar-refractivity contribution in [2.75, 3.05) is 57.2 Å². The van der Waals surface area contributed by atoms with E-state index in [1.165, 1.54) is 24.8 Å². The number of ether oxygens (including phenoxy) is 2. The number of hydrogen-bond donors (Lipinski definition) is 1. The lowest BCUT2D eigenvalue weighted by Gasteiger charge is -2.36. The van der Waals surface area contributed by atoms with Crippen LogP contribution in [0.3, 0.4) is 0 Å². The maximum atomic E-state index is 12.9. The van der Waals surface area contributed by atoms with Crippen LogP contribution in [0.2, 0.25) is 0 Å². The highest BCUT2D eigenvalue weighted by Gasteiger charge is 2.27. The van der Waals surface area contributed by atoms with Crippen LogP contribution in [0.1, 0.15) is 46.5 Å². The lowest BCUT2D eigenvalue weighted by atomic mass is 9.96. The highest BCUT2D eigenvalue weighted by atomic mass is 32.1. The topological polar surface area (TPSA) is 71.1 Å². The molecule has 1 aromatic carbocycles. The van der Waals surface area contributed by atoms with E-state index in [-0.39, 0.29) is 11.9 Å². The minimum Gasteiger partial charge on any atom is -0.495 e. The Hall–Kier alpha value is -2.58. The van der Waals surface area contributed by atoms with Gasteiger partial charge in [-0.15, -0.1) is 11.3 Å². The van der Waals surface area contributed by atoms with Crippen LogP contribution in [0.5, 0.6) is 5.75 Å². The zero-order valence-corrected chi connectivity index (χ0v) is 20.3. The predicted octanol–water partition coefficient (Wildman–Crippen LogP) is 3.96. The summed E-state index contributed by atoms with van der Waals surface area (Å²) in [5.41, 5.74) is 2.73. The second-order valence-electron chi connectivity index (χ2n) is 8.60. The number of fused-ring (bicyclic) bond motifs is 1. The summed E-state index contributed by atoms with van der Waals surface area (Å²) in [5.74, 6) is 0.432. The first kappa shape index (κ1) is 23.6. The number of rotatable bonds is 6. The first-order chi connectivity index (χ1) is 16.1. The number of carbonyl (C=O) groups excluding carboxylic acids is 2. The largest absolute Gasteiger partial charge is 0.495 e. The molecule has 1 saturated heterocycles. The maximum absolute atomic E-state index is 12.9. The number of benzene rings is 1. The molecule has 2 heterocycles. The first-order valence-electron chi connectivity index (χ1n) is 11.7. The molecule has 0 bridgehead atoms. The van der Waals surface area contributed by atoms with Crippen LogP contribution < -0.4 is 15.0 Å². The number of hydrogen-bond acceptors (Lipinski definition) is 7. The SMILES string of the molecule is COC(=O)c1c(NC(=O)CN2CCN(c3ccccc3OC)CC2)sc2c1CCCCCC2. The number of piperazine rings is 1. The molecule has 1 N–H and O–H groups in total. The molecule has 1 aliphatic carbocycles. The highest BCUT2D eigenvalue weighted by Crippen LogP contribution is 2.37. The van der Waals surface area contributed by atoms with Crippen LogP contribution in [0.25, 0.3) is 0 Å². The number of methoxy groups -OCH3 is 2. The summed E-state index contributed by atoms with van der Waals surface area (Å²) in [4.78, 5) is 31.1. The molecule has 1 amide bonds. The van der Waals surface area contributed by atoms with Gasteiger partial charge in [0.25, 0.3) is 0 Å². The van der Waals surface area contributed by atoms with Crippen molar-refractivity contribution in [1.82, 2.24) is 4.90 Å². The Bertz CT molecular complexity index is 982. The molecular formula is C25H33N3O4S. The third kappa shape index (κ3) is 5.50. The van der Waals surface area contributed by atoms with E-state index in [1.54, 1.807) is 18.4 Å². The van der Waals surface area contributed by atoms with Crippen LogP contribution in [0.15, 0.2) is 24.3 Å². The maximum Gasteiger partial charge on any atom is 0.341 e. The fraction of sp³-hybridized carbons (Fsp3) is 0.520. The predicted molar refractivity (Wildman–Crippen MR) is 132 cm³/mol. The van der Waals surface area contributed by atoms with Crippen molar-refractivity contribution >= 4 is 33.9 Å². The summed E-state index contributed by atoms with van der Waals surface area (Å²) in [6, 6.07) is 8.02. The van der Waals surface area contributed by atoms with Crippen molar-refractivity contribution < 1.29 is 19.1 Å². The molecule has 4 rings (SSSR count). The van der Waals surface area contributed by atoms with Gasteiger partial charge in [0.1, 0.15) is 10.8 Å². The number of esters is 1. The quantitative estimate of drug-likeness (QED) is 0.643. The summed E-state index contributed by atoms with van der Waals surface area (Å²) in [5, 5.41) is 3.68. The molecule has 0 saturated carbocycles. The van der Waals surface area contributed by atoms with Crippen molar-refractivity contribution in [3.05, 3.63) is 40.3 Å². The van der Waals surface area contributed by atoms with Crippen molar-refractivity contribution in [1.29, 1.82) is 0 Å². The fourth-order valence-electron chi connectivity index (χ4n) is 4.73. The normalized spacial score (nSPS) is 17.0. The van der Waals surface area contributed by atoms with Gasteiger partial charge in [0.05, 0.1) is 32.0 Å². The van der Waals surface area contributed by atoms with Gasteiger partial charge in [-0.3, -0.25) is 9.69 Å². The fourth-order valence-corrected chi connectivity index (χ4v) is 6.03. The van der Waals surface area contributed by atoms with Crippen LogP contribution in [0, 0.1) is 0 Å². The van der Waals surface area contributed by atoms with E-state index in [0.29, 0.717) is 17.1 Å². The summed E-state index contributed by atoms with van der Waals surface area (Å²) >= 11 is 1.55. The molecule has 2 aromatic rings. The van der Waals surface area contributed by atoms with Crippen molar-refractivity contribution in [3.63, 3.8) is 0 Å². The molecule has 7 nitrogen and oxygen atoms in total. The van der Waals surface area contributed by atoms with E-state index in [0.717, 1.165) is 68.9 Å². The molecule has 2 aliphatic rings. The Kier molecular flexibility index (Phi) is 7.88. The third-order valence-corrected chi connectivity index (χ3v) is 7.69. The molecule has 1 aliphatic heterocycles. The van der Waals surface area contributed by atoms with Crippen LogP contribution in [0.4, 0.5) is 10.7 Å². The number of nitrogens with one attached hydrogen (secondary N) is 1. The van der Waals surface area contributed by atoms with Gasteiger partial charge in [0.15, 0.2) is 0 Å². The van der Waals surface area contributed by atoms with Gasteiger partial charge in [-0.1, -0.05) is 25.0 Å². The Labute approximate surface area is 199 Å². The Morgan fingerprint density at radius 3 is 2.45 bits per heavy atom. The smallest absolute Gasteiger partial charge is 0.341 e. The lowest BCUT2D eigenvalue weighted by molar-refractivity contribution is -0.117. The average Bonchev–Trinajstić information content (AvgIpc) is 3.14. The molecule has 8 heteroatoms. The van der Waals surface area contributed by atoms with Gasteiger partial charge >= 0.3 is 5.97 Å². The number of thiophene rings is 1. The van der Waals surface area contributed by atoms with Gasteiger partial charge in [-0.25, -0.2) is 4.79 Å².